The lowest BCUT2D eigenvalue weighted by Gasteiger charge is -2.08. The molecule has 1 heterocycles. The van der Waals surface area contributed by atoms with Crippen LogP contribution in [0.5, 0.6) is 0 Å². The van der Waals surface area contributed by atoms with Gasteiger partial charge in [-0.15, -0.1) is 11.8 Å². The Morgan fingerprint density at radius 1 is 1.26 bits per heavy atom. The summed E-state index contributed by atoms with van der Waals surface area (Å²) in [5.74, 6) is 0.752. The predicted octanol–water partition coefficient (Wildman–Crippen LogP) is 4.31. The van der Waals surface area contributed by atoms with Crippen LogP contribution in [0.25, 0.3) is 0 Å². The number of Topliss-reactive ketones (excluding diaryl/α,β-unsaturated/α-hetero) is 1. The van der Waals surface area contributed by atoms with Crippen LogP contribution in [0.2, 0.25) is 0 Å². The monoisotopic (exact) mass is 276 g/mol. The zero-order chi connectivity index (χ0) is 13.7. The molecule has 0 bridgehead atoms. The molecule has 3 heteroatoms. The van der Waals surface area contributed by atoms with Crippen molar-refractivity contribution in [2.45, 2.75) is 45.0 Å². The van der Waals surface area contributed by atoms with Crippen molar-refractivity contribution in [3.8, 4) is 0 Å². The molecule has 1 unspecified atom stereocenters. The fraction of sp³-hybridized carbons (Fsp3) is 0.438. The minimum atomic E-state index is 0.0117. The van der Waals surface area contributed by atoms with Gasteiger partial charge in [0.25, 0.3) is 0 Å². The van der Waals surface area contributed by atoms with Crippen molar-refractivity contribution in [2.75, 3.05) is 0 Å². The van der Waals surface area contributed by atoms with Crippen LogP contribution in [-0.4, -0.2) is 11.0 Å². The van der Waals surface area contributed by atoms with E-state index in [2.05, 4.69) is 6.92 Å². The van der Waals surface area contributed by atoms with Gasteiger partial charge in [0, 0.05) is 4.91 Å². The van der Waals surface area contributed by atoms with Crippen molar-refractivity contribution < 1.29 is 9.53 Å². The molecule has 0 radical (unpaired) electrons. The number of thioether (sulfide) groups is 1. The lowest BCUT2D eigenvalue weighted by Crippen LogP contribution is -2.11. The maximum absolute atomic E-state index is 12.1. The van der Waals surface area contributed by atoms with Crippen LogP contribution in [-0.2, 0) is 16.1 Å². The van der Waals surface area contributed by atoms with Crippen LogP contribution in [0.4, 0.5) is 0 Å². The third-order valence-electron chi connectivity index (χ3n) is 3.15. The van der Waals surface area contributed by atoms with Crippen LogP contribution in [0.15, 0.2) is 41.0 Å². The van der Waals surface area contributed by atoms with E-state index < -0.39 is 0 Å². The number of unbranched alkanes of at least 4 members (excludes halogenated alkanes) is 1. The van der Waals surface area contributed by atoms with Crippen LogP contribution >= 0.6 is 11.8 Å². The van der Waals surface area contributed by atoms with Crippen molar-refractivity contribution in [3.05, 3.63) is 46.6 Å². The Morgan fingerprint density at radius 3 is 2.68 bits per heavy atom. The van der Waals surface area contributed by atoms with Gasteiger partial charge in [-0.2, -0.15) is 0 Å². The first-order valence-electron chi connectivity index (χ1n) is 6.83. The van der Waals surface area contributed by atoms with Gasteiger partial charge in [0.15, 0.2) is 5.76 Å². The van der Waals surface area contributed by atoms with Gasteiger partial charge in [-0.25, -0.2) is 0 Å². The van der Waals surface area contributed by atoms with Gasteiger partial charge in [-0.1, -0.05) is 43.7 Å². The molecular weight excluding hydrogens is 256 g/mol. The van der Waals surface area contributed by atoms with Crippen molar-refractivity contribution in [1.82, 2.24) is 0 Å². The molecule has 19 heavy (non-hydrogen) atoms. The summed E-state index contributed by atoms with van der Waals surface area (Å²) in [5.41, 5.74) is 1.10. The molecule has 0 aromatic heterocycles. The summed E-state index contributed by atoms with van der Waals surface area (Å²) in [7, 11) is 0. The first kappa shape index (κ1) is 14.2. The molecule has 1 aliphatic heterocycles. The number of ketones is 1. The average molecular weight is 276 g/mol. The molecule has 0 N–H and O–H groups in total. The topological polar surface area (TPSA) is 26.3 Å². The highest BCUT2D eigenvalue weighted by atomic mass is 32.2. The van der Waals surface area contributed by atoms with Gasteiger partial charge in [0.1, 0.15) is 6.61 Å². The second-order valence-electron chi connectivity index (χ2n) is 4.75. The Bertz CT molecular complexity index is 465. The molecule has 0 saturated carbocycles. The summed E-state index contributed by atoms with van der Waals surface area (Å²) in [6, 6.07) is 9.98. The summed E-state index contributed by atoms with van der Waals surface area (Å²) in [6.07, 6.45) is 3.21. The second kappa shape index (κ2) is 6.80. The number of ether oxygens (including phenoxy) is 1. The predicted molar refractivity (Wildman–Crippen MR) is 79.8 cm³/mol. The van der Waals surface area contributed by atoms with Gasteiger partial charge in [0.2, 0.25) is 5.78 Å². The summed E-state index contributed by atoms with van der Waals surface area (Å²) in [4.78, 5) is 13.2. The SMILES string of the molecule is CCCCC1=C(OCc2ccccc2)C(=O)C(C)S1. The minimum absolute atomic E-state index is 0.0117. The Hall–Kier alpha value is -1.22. The summed E-state index contributed by atoms with van der Waals surface area (Å²) in [5, 5.41) is 0.0117. The number of benzene rings is 1. The molecule has 2 nitrogen and oxygen atoms in total. The fourth-order valence-corrected chi connectivity index (χ4v) is 3.20. The van der Waals surface area contributed by atoms with E-state index in [-0.39, 0.29) is 11.0 Å². The van der Waals surface area contributed by atoms with E-state index >= 15 is 0 Å². The number of hydrogen-bond donors (Lipinski definition) is 0. The first-order chi connectivity index (χ1) is 9.22. The third-order valence-corrected chi connectivity index (χ3v) is 4.39. The molecule has 0 spiro atoms. The standard InChI is InChI=1S/C16H20O2S/c1-3-4-10-14-16(15(17)12(2)19-14)18-11-13-8-6-5-7-9-13/h5-9,12H,3-4,10-11H2,1-2H3. The number of hydrogen-bond acceptors (Lipinski definition) is 3. The average Bonchev–Trinajstić information content (AvgIpc) is 2.71. The molecule has 102 valence electrons. The zero-order valence-corrected chi connectivity index (χ0v) is 12.3. The Balaban J connectivity index is 2.03. The van der Waals surface area contributed by atoms with Gasteiger partial charge in [-0.3, -0.25) is 4.79 Å². The zero-order valence-electron chi connectivity index (χ0n) is 11.5. The molecule has 0 amide bonds. The number of carbonyl (C=O) groups is 1. The van der Waals surface area contributed by atoms with E-state index in [1.807, 2.05) is 37.3 Å². The van der Waals surface area contributed by atoms with E-state index in [0.29, 0.717) is 12.4 Å². The Morgan fingerprint density at radius 2 is 2.00 bits per heavy atom. The lowest BCUT2D eigenvalue weighted by molar-refractivity contribution is -0.118. The molecule has 2 rings (SSSR count). The van der Waals surface area contributed by atoms with E-state index in [0.717, 1.165) is 29.7 Å². The Labute approximate surface area is 119 Å². The maximum atomic E-state index is 12.1. The first-order valence-corrected chi connectivity index (χ1v) is 7.71. The molecule has 1 aromatic carbocycles. The summed E-state index contributed by atoms with van der Waals surface area (Å²) in [6.45, 7) is 4.60. The smallest absolute Gasteiger partial charge is 0.211 e. The van der Waals surface area contributed by atoms with Gasteiger partial charge in [-0.05, 0) is 25.3 Å². The molecule has 1 atom stereocenters. The van der Waals surface area contributed by atoms with E-state index in [1.165, 1.54) is 0 Å². The maximum Gasteiger partial charge on any atom is 0.211 e. The number of allylic oxidation sites excluding steroid dienone is 2. The minimum Gasteiger partial charge on any atom is -0.484 e. The van der Waals surface area contributed by atoms with Gasteiger partial charge in [0.05, 0.1) is 5.25 Å². The molecule has 1 aromatic rings. The number of carbonyl (C=O) groups excluding carboxylic acids is 1. The largest absolute Gasteiger partial charge is 0.484 e. The number of rotatable bonds is 6. The highest BCUT2D eigenvalue weighted by Gasteiger charge is 2.31. The fourth-order valence-electron chi connectivity index (χ4n) is 2.03. The van der Waals surface area contributed by atoms with Crippen LogP contribution in [0.3, 0.4) is 0 Å². The lowest BCUT2D eigenvalue weighted by atomic mass is 10.2. The highest BCUT2D eigenvalue weighted by Crippen LogP contribution is 2.38. The summed E-state index contributed by atoms with van der Waals surface area (Å²) < 4.78 is 5.79. The molecule has 0 saturated heterocycles. The van der Waals surface area contributed by atoms with Crippen molar-refractivity contribution in [2.24, 2.45) is 0 Å². The van der Waals surface area contributed by atoms with E-state index in [4.69, 9.17) is 4.74 Å². The molecule has 0 aliphatic carbocycles. The third kappa shape index (κ3) is 3.63. The summed E-state index contributed by atoms with van der Waals surface area (Å²) >= 11 is 1.66. The van der Waals surface area contributed by atoms with Crippen molar-refractivity contribution in [3.63, 3.8) is 0 Å². The molecular formula is C16H20O2S. The molecule has 0 fully saturated rings. The Kier molecular flexibility index (Phi) is 5.08. The van der Waals surface area contributed by atoms with Crippen molar-refractivity contribution >= 4 is 17.5 Å². The molecule has 1 aliphatic rings. The van der Waals surface area contributed by atoms with E-state index in [9.17, 15) is 4.79 Å². The second-order valence-corrected chi connectivity index (χ2v) is 6.19. The van der Waals surface area contributed by atoms with Crippen molar-refractivity contribution in [1.29, 1.82) is 0 Å². The highest BCUT2D eigenvalue weighted by molar-refractivity contribution is 8.04. The van der Waals surface area contributed by atoms with Gasteiger partial charge >= 0.3 is 0 Å². The van der Waals surface area contributed by atoms with Gasteiger partial charge < -0.3 is 4.74 Å². The quantitative estimate of drug-likeness (QED) is 0.774. The van der Waals surface area contributed by atoms with Crippen LogP contribution in [0, 0.1) is 0 Å². The van der Waals surface area contributed by atoms with E-state index in [1.54, 1.807) is 11.8 Å². The normalized spacial score (nSPS) is 19.1. The van der Waals surface area contributed by atoms with Crippen LogP contribution in [0.1, 0.15) is 38.7 Å². The van der Waals surface area contributed by atoms with Crippen LogP contribution < -0.4 is 0 Å².